The van der Waals surface area contributed by atoms with Gasteiger partial charge in [-0.3, -0.25) is 0 Å². The summed E-state index contributed by atoms with van der Waals surface area (Å²) >= 11 is 1.67. The van der Waals surface area contributed by atoms with Crippen LogP contribution in [0, 0.1) is 19.7 Å². The lowest BCUT2D eigenvalue weighted by atomic mass is 10.0. The maximum atomic E-state index is 13.3. The Labute approximate surface area is 143 Å². The van der Waals surface area contributed by atoms with Crippen molar-refractivity contribution in [3.8, 4) is 11.1 Å². The normalized spacial score (nSPS) is 15.2. The van der Waals surface area contributed by atoms with E-state index in [1.54, 1.807) is 11.3 Å². The molecule has 0 spiro atoms. The minimum absolute atomic E-state index is 0.226. The smallest absolute Gasteiger partial charge is 0.141 e. The van der Waals surface area contributed by atoms with E-state index in [2.05, 4.69) is 16.8 Å². The third kappa shape index (κ3) is 2.65. The highest BCUT2D eigenvalue weighted by Crippen LogP contribution is 2.41. The summed E-state index contributed by atoms with van der Waals surface area (Å²) in [4.78, 5) is 13.8. The summed E-state index contributed by atoms with van der Waals surface area (Å²) in [6.45, 7) is 7.07. The highest BCUT2D eigenvalue weighted by molar-refractivity contribution is 7.19. The number of morpholine rings is 1. The number of hydrogen-bond donors (Lipinski definition) is 0. The second kappa shape index (κ2) is 6.11. The molecule has 1 saturated heterocycles. The molecule has 0 amide bonds. The average Bonchev–Trinajstić information content (AvgIpc) is 2.91. The fourth-order valence-corrected chi connectivity index (χ4v) is 4.25. The lowest BCUT2D eigenvalue weighted by Crippen LogP contribution is -2.37. The molecule has 6 heteroatoms. The van der Waals surface area contributed by atoms with Gasteiger partial charge < -0.3 is 9.64 Å². The summed E-state index contributed by atoms with van der Waals surface area (Å²) in [6, 6.07) is 6.66. The second-order valence-electron chi connectivity index (χ2n) is 5.91. The van der Waals surface area contributed by atoms with Crippen molar-refractivity contribution in [3.63, 3.8) is 0 Å². The zero-order valence-electron chi connectivity index (χ0n) is 13.7. The second-order valence-corrected chi connectivity index (χ2v) is 7.12. The third-order valence-electron chi connectivity index (χ3n) is 4.26. The SMILES string of the molecule is Cc1nc(N2CCOCC2)c2c(-c3ccc(F)cc3)c(C)sc2n1. The average molecular weight is 343 g/mol. The number of anilines is 1. The number of aryl methyl sites for hydroxylation is 2. The Morgan fingerprint density at radius 1 is 1.08 bits per heavy atom. The van der Waals surface area contributed by atoms with Crippen molar-refractivity contribution in [2.24, 2.45) is 0 Å². The molecule has 0 radical (unpaired) electrons. The topological polar surface area (TPSA) is 38.2 Å². The van der Waals surface area contributed by atoms with Gasteiger partial charge in [-0.25, -0.2) is 14.4 Å². The number of benzene rings is 1. The van der Waals surface area contributed by atoms with Crippen molar-refractivity contribution in [1.29, 1.82) is 0 Å². The van der Waals surface area contributed by atoms with Crippen LogP contribution in [0.5, 0.6) is 0 Å². The van der Waals surface area contributed by atoms with E-state index in [1.165, 1.54) is 17.0 Å². The predicted octanol–water partition coefficient (Wildman–Crippen LogP) is 3.95. The first-order valence-corrected chi connectivity index (χ1v) is 8.81. The highest BCUT2D eigenvalue weighted by atomic mass is 32.1. The minimum Gasteiger partial charge on any atom is -0.378 e. The molecule has 0 saturated carbocycles. The summed E-state index contributed by atoms with van der Waals surface area (Å²) in [5, 5.41) is 1.07. The van der Waals surface area contributed by atoms with Crippen LogP contribution in [0.15, 0.2) is 24.3 Å². The summed E-state index contributed by atoms with van der Waals surface area (Å²) in [7, 11) is 0. The molecule has 0 unspecified atom stereocenters. The number of halogens is 1. The van der Waals surface area contributed by atoms with E-state index in [4.69, 9.17) is 9.72 Å². The molecule has 0 atom stereocenters. The van der Waals surface area contributed by atoms with Gasteiger partial charge in [0.15, 0.2) is 0 Å². The van der Waals surface area contributed by atoms with Gasteiger partial charge in [-0.1, -0.05) is 12.1 Å². The van der Waals surface area contributed by atoms with E-state index in [1.807, 2.05) is 19.1 Å². The van der Waals surface area contributed by atoms with Gasteiger partial charge in [-0.2, -0.15) is 0 Å². The van der Waals surface area contributed by atoms with Crippen LogP contribution >= 0.6 is 11.3 Å². The summed E-state index contributed by atoms with van der Waals surface area (Å²) in [5.74, 6) is 1.51. The first-order valence-electron chi connectivity index (χ1n) is 8.00. The molecule has 3 heterocycles. The maximum Gasteiger partial charge on any atom is 0.141 e. The zero-order valence-corrected chi connectivity index (χ0v) is 14.5. The molecule has 1 aliphatic rings. The number of rotatable bonds is 2. The molecule has 0 N–H and O–H groups in total. The van der Waals surface area contributed by atoms with E-state index in [0.29, 0.717) is 13.2 Å². The van der Waals surface area contributed by atoms with Gasteiger partial charge in [0.1, 0.15) is 22.3 Å². The molecule has 0 bridgehead atoms. The predicted molar refractivity (Wildman–Crippen MR) is 95.3 cm³/mol. The first kappa shape index (κ1) is 15.5. The number of ether oxygens (including phenoxy) is 1. The third-order valence-corrected chi connectivity index (χ3v) is 5.26. The summed E-state index contributed by atoms with van der Waals surface area (Å²) in [6.07, 6.45) is 0. The quantitative estimate of drug-likeness (QED) is 0.706. The van der Waals surface area contributed by atoms with Gasteiger partial charge in [-0.05, 0) is 31.5 Å². The number of fused-ring (bicyclic) bond motifs is 1. The van der Waals surface area contributed by atoms with Crippen LogP contribution in [-0.2, 0) is 4.74 Å². The summed E-state index contributed by atoms with van der Waals surface area (Å²) in [5.41, 5.74) is 2.11. The Morgan fingerprint density at radius 3 is 2.50 bits per heavy atom. The molecule has 0 aliphatic carbocycles. The van der Waals surface area contributed by atoms with E-state index in [9.17, 15) is 4.39 Å². The number of aromatic nitrogens is 2. The van der Waals surface area contributed by atoms with Crippen LogP contribution < -0.4 is 4.90 Å². The molecule has 1 fully saturated rings. The Bertz CT molecular complexity index is 885. The molecule has 2 aromatic heterocycles. The van der Waals surface area contributed by atoms with Crippen molar-refractivity contribution in [2.45, 2.75) is 13.8 Å². The van der Waals surface area contributed by atoms with Gasteiger partial charge in [0, 0.05) is 23.5 Å². The molecule has 1 aliphatic heterocycles. The zero-order chi connectivity index (χ0) is 16.7. The molecule has 4 rings (SSSR count). The van der Waals surface area contributed by atoms with E-state index < -0.39 is 0 Å². The van der Waals surface area contributed by atoms with Crippen LogP contribution in [0.2, 0.25) is 0 Å². The first-order chi connectivity index (χ1) is 11.6. The van der Waals surface area contributed by atoms with Crippen LogP contribution in [-0.4, -0.2) is 36.3 Å². The Balaban J connectivity index is 1.96. The molecule has 1 aromatic carbocycles. The summed E-state index contributed by atoms with van der Waals surface area (Å²) < 4.78 is 18.8. The van der Waals surface area contributed by atoms with Crippen LogP contribution in [0.25, 0.3) is 21.3 Å². The molecule has 124 valence electrons. The largest absolute Gasteiger partial charge is 0.378 e. The number of nitrogens with zero attached hydrogens (tertiary/aromatic N) is 3. The van der Waals surface area contributed by atoms with Crippen LogP contribution in [0.1, 0.15) is 10.7 Å². The van der Waals surface area contributed by atoms with Gasteiger partial charge in [0.2, 0.25) is 0 Å². The fourth-order valence-electron chi connectivity index (χ4n) is 3.17. The Hall–Kier alpha value is -2.05. The molecule has 4 nitrogen and oxygen atoms in total. The lowest BCUT2D eigenvalue weighted by Gasteiger charge is -2.28. The highest BCUT2D eigenvalue weighted by Gasteiger charge is 2.22. The number of thiophene rings is 1. The van der Waals surface area contributed by atoms with Crippen molar-refractivity contribution in [2.75, 3.05) is 31.2 Å². The van der Waals surface area contributed by atoms with E-state index >= 15 is 0 Å². The molecule has 3 aromatic rings. The van der Waals surface area contributed by atoms with Gasteiger partial charge in [0.05, 0.1) is 18.6 Å². The van der Waals surface area contributed by atoms with E-state index in [-0.39, 0.29) is 5.82 Å². The van der Waals surface area contributed by atoms with Crippen molar-refractivity contribution in [1.82, 2.24) is 9.97 Å². The van der Waals surface area contributed by atoms with Gasteiger partial charge in [-0.15, -0.1) is 11.3 Å². The van der Waals surface area contributed by atoms with Crippen molar-refractivity contribution >= 4 is 27.4 Å². The van der Waals surface area contributed by atoms with Crippen molar-refractivity contribution in [3.05, 3.63) is 40.8 Å². The molecular weight excluding hydrogens is 325 g/mol. The van der Waals surface area contributed by atoms with Crippen LogP contribution in [0.3, 0.4) is 0 Å². The fraction of sp³-hybridized carbons (Fsp3) is 0.333. The Kier molecular flexibility index (Phi) is 3.94. The standard InChI is InChI=1S/C18H18FN3OS/c1-11-15(13-3-5-14(19)6-4-13)16-17(22-7-9-23-10-8-22)20-12(2)21-18(16)24-11/h3-6H,7-10H2,1-2H3. The van der Waals surface area contributed by atoms with Gasteiger partial charge in [0.25, 0.3) is 0 Å². The maximum absolute atomic E-state index is 13.3. The number of hydrogen-bond acceptors (Lipinski definition) is 5. The minimum atomic E-state index is -0.226. The van der Waals surface area contributed by atoms with Crippen LogP contribution in [0.4, 0.5) is 10.2 Å². The lowest BCUT2D eigenvalue weighted by molar-refractivity contribution is 0.122. The Morgan fingerprint density at radius 2 is 1.79 bits per heavy atom. The van der Waals surface area contributed by atoms with E-state index in [0.717, 1.165) is 46.1 Å². The van der Waals surface area contributed by atoms with Gasteiger partial charge >= 0.3 is 0 Å². The van der Waals surface area contributed by atoms with Crippen molar-refractivity contribution < 1.29 is 9.13 Å². The monoisotopic (exact) mass is 343 g/mol. The molecular formula is C18H18FN3OS. The molecule has 24 heavy (non-hydrogen) atoms.